The Morgan fingerprint density at radius 3 is 2.73 bits per heavy atom. The predicted octanol–water partition coefficient (Wildman–Crippen LogP) is -0.451. The molecule has 1 amide bonds. The van der Waals surface area contributed by atoms with Crippen LogP contribution in [0.1, 0.15) is 19.8 Å². The van der Waals surface area contributed by atoms with Gasteiger partial charge in [0.25, 0.3) is 0 Å². The fraction of sp³-hybridized carbons (Fsp3) is 0.727. The van der Waals surface area contributed by atoms with Gasteiger partial charge in [0, 0.05) is 6.04 Å². The third-order valence-electron chi connectivity index (χ3n) is 2.64. The van der Waals surface area contributed by atoms with Crippen molar-refractivity contribution in [2.75, 3.05) is 26.2 Å². The van der Waals surface area contributed by atoms with Gasteiger partial charge < -0.3 is 11.1 Å². The van der Waals surface area contributed by atoms with Gasteiger partial charge in [-0.05, 0) is 32.9 Å². The monoisotopic (exact) mass is 209 g/mol. The summed E-state index contributed by atoms with van der Waals surface area (Å²) in [6.07, 6.45) is 2.14. The normalized spacial score (nSPS) is 17.2. The average molecular weight is 209 g/mol. The first-order valence-electron chi connectivity index (χ1n) is 5.36. The molecule has 0 spiro atoms. The summed E-state index contributed by atoms with van der Waals surface area (Å²) in [4.78, 5) is 13.0. The molecule has 0 unspecified atom stereocenters. The number of nitrogens with two attached hydrogens (primary N) is 1. The zero-order chi connectivity index (χ0) is 11.1. The van der Waals surface area contributed by atoms with Crippen molar-refractivity contribution < 1.29 is 4.79 Å². The van der Waals surface area contributed by atoms with Crippen LogP contribution in [0.25, 0.3) is 0 Å². The van der Waals surface area contributed by atoms with Crippen molar-refractivity contribution in [3.8, 4) is 11.8 Å². The van der Waals surface area contributed by atoms with Crippen molar-refractivity contribution in [1.82, 2.24) is 10.2 Å². The lowest BCUT2D eigenvalue weighted by molar-refractivity contribution is -0.119. The molecule has 0 radical (unpaired) electrons. The molecule has 0 aromatic rings. The molecular weight excluding hydrogens is 190 g/mol. The Morgan fingerprint density at radius 1 is 1.53 bits per heavy atom. The molecule has 1 rings (SSSR count). The molecule has 0 saturated carbocycles. The van der Waals surface area contributed by atoms with Crippen molar-refractivity contribution in [1.29, 1.82) is 0 Å². The van der Waals surface area contributed by atoms with E-state index in [0.29, 0.717) is 19.1 Å². The Kier molecular flexibility index (Phi) is 5.16. The molecule has 1 heterocycles. The van der Waals surface area contributed by atoms with E-state index in [1.54, 1.807) is 0 Å². The van der Waals surface area contributed by atoms with Gasteiger partial charge in [-0.1, -0.05) is 5.92 Å². The maximum absolute atomic E-state index is 10.9. The van der Waals surface area contributed by atoms with Crippen LogP contribution in [-0.2, 0) is 4.79 Å². The van der Waals surface area contributed by atoms with Crippen LogP contribution in [0.15, 0.2) is 0 Å². The maximum atomic E-state index is 10.9. The molecule has 0 atom stereocenters. The van der Waals surface area contributed by atoms with E-state index < -0.39 is 0 Å². The van der Waals surface area contributed by atoms with Crippen LogP contribution < -0.4 is 11.1 Å². The van der Waals surface area contributed by atoms with Gasteiger partial charge in [-0.25, -0.2) is 0 Å². The molecule has 0 aliphatic carbocycles. The summed E-state index contributed by atoms with van der Waals surface area (Å²) in [6, 6.07) is 0.444. The standard InChI is InChI=1S/C11H19N3O/c1-2-3-8-14(9-11(12)15)10-4-6-13-7-5-10/h10,13H,4-9H2,1H3,(H2,12,15). The van der Waals surface area contributed by atoms with Crippen LogP contribution in [0.4, 0.5) is 0 Å². The fourth-order valence-electron chi connectivity index (χ4n) is 1.87. The van der Waals surface area contributed by atoms with Gasteiger partial charge in [0.1, 0.15) is 0 Å². The second-order valence-electron chi connectivity index (χ2n) is 3.78. The van der Waals surface area contributed by atoms with E-state index in [9.17, 15) is 4.79 Å². The Bertz CT molecular complexity index is 261. The highest BCUT2D eigenvalue weighted by Crippen LogP contribution is 2.10. The number of carbonyl (C=O) groups excluding carboxylic acids is 1. The summed E-state index contributed by atoms with van der Waals surface area (Å²) in [5, 5.41) is 3.30. The average Bonchev–Trinajstić information content (AvgIpc) is 2.25. The summed E-state index contributed by atoms with van der Waals surface area (Å²) in [6.45, 7) is 4.80. The number of amides is 1. The third-order valence-corrected chi connectivity index (χ3v) is 2.64. The van der Waals surface area contributed by atoms with Gasteiger partial charge in [-0.2, -0.15) is 0 Å². The number of hydrogen-bond acceptors (Lipinski definition) is 3. The molecule has 1 aliphatic rings. The lowest BCUT2D eigenvalue weighted by Gasteiger charge is -2.32. The van der Waals surface area contributed by atoms with Gasteiger partial charge in [0.05, 0.1) is 13.1 Å². The van der Waals surface area contributed by atoms with Crippen LogP contribution in [0.2, 0.25) is 0 Å². The molecule has 3 N–H and O–H groups in total. The zero-order valence-corrected chi connectivity index (χ0v) is 9.25. The molecule has 4 heteroatoms. The summed E-state index contributed by atoms with van der Waals surface area (Å²) in [7, 11) is 0. The Hall–Kier alpha value is -1.05. The van der Waals surface area contributed by atoms with E-state index in [1.807, 2.05) is 6.92 Å². The summed E-state index contributed by atoms with van der Waals surface area (Å²) in [5.74, 6) is 5.58. The van der Waals surface area contributed by atoms with E-state index in [0.717, 1.165) is 25.9 Å². The first kappa shape index (κ1) is 12.0. The van der Waals surface area contributed by atoms with Gasteiger partial charge in [0.15, 0.2) is 0 Å². The van der Waals surface area contributed by atoms with Crippen LogP contribution in [0, 0.1) is 11.8 Å². The fourth-order valence-corrected chi connectivity index (χ4v) is 1.87. The molecular formula is C11H19N3O. The minimum Gasteiger partial charge on any atom is -0.369 e. The second-order valence-corrected chi connectivity index (χ2v) is 3.78. The van der Waals surface area contributed by atoms with Gasteiger partial charge in [0.2, 0.25) is 5.91 Å². The van der Waals surface area contributed by atoms with E-state index in [1.165, 1.54) is 0 Å². The van der Waals surface area contributed by atoms with E-state index in [2.05, 4.69) is 22.1 Å². The molecule has 1 aliphatic heterocycles. The molecule has 15 heavy (non-hydrogen) atoms. The van der Waals surface area contributed by atoms with Crippen LogP contribution >= 0.6 is 0 Å². The Labute approximate surface area is 91.2 Å². The minimum atomic E-state index is -0.272. The summed E-state index contributed by atoms with van der Waals surface area (Å²) >= 11 is 0. The topological polar surface area (TPSA) is 58.4 Å². The van der Waals surface area contributed by atoms with Crippen molar-refractivity contribution >= 4 is 5.91 Å². The van der Waals surface area contributed by atoms with Crippen molar-refractivity contribution in [3.05, 3.63) is 0 Å². The predicted molar refractivity (Wildman–Crippen MR) is 60.1 cm³/mol. The lowest BCUT2D eigenvalue weighted by Crippen LogP contribution is -2.46. The number of carbonyl (C=O) groups is 1. The van der Waals surface area contributed by atoms with E-state index in [4.69, 9.17) is 5.73 Å². The second kappa shape index (κ2) is 6.44. The van der Waals surface area contributed by atoms with Gasteiger partial charge >= 0.3 is 0 Å². The van der Waals surface area contributed by atoms with E-state index >= 15 is 0 Å². The molecule has 0 bridgehead atoms. The zero-order valence-electron chi connectivity index (χ0n) is 9.25. The first-order valence-corrected chi connectivity index (χ1v) is 5.36. The van der Waals surface area contributed by atoms with Crippen molar-refractivity contribution in [2.45, 2.75) is 25.8 Å². The van der Waals surface area contributed by atoms with Crippen LogP contribution in [-0.4, -0.2) is 43.0 Å². The molecule has 1 fully saturated rings. The number of nitrogens with zero attached hydrogens (tertiary/aromatic N) is 1. The van der Waals surface area contributed by atoms with Crippen molar-refractivity contribution in [2.24, 2.45) is 5.73 Å². The smallest absolute Gasteiger partial charge is 0.231 e. The molecule has 84 valence electrons. The number of primary amides is 1. The summed E-state index contributed by atoms with van der Waals surface area (Å²) in [5.41, 5.74) is 5.23. The van der Waals surface area contributed by atoms with Gasteiger partial charge in [-0.15, -0.1) is 5.92 Å². The number of nitrogens with one attached hydrogen (secondary N) is 1. The SMILES string of the molecule is CC#CCN(CC(N)=O)C1CCNCC1. The molecule has 0 aromatic carbocycles. The molecule has 0 aromatic heterocycles. The quantitative estimate of drug-likeness (QED) is 0.617. The van der Waals surface area contributed by atoms with Crippen molar-refractivity contribution in [3.63, 3.8) is 0 Å². The summed E-state index contributed by atoms with van der Waals surface area (Å²) < 4.78 is 0. The van der Waals surface area contributed by atoms with Crippen LogP contribution in [0.3, 0.4) is 0 Å². The molecule has 4 nitrogen and oxygen atoms in total. The molecule has 1 saturated heterocycles. The number of hydrogen-bond donors (Lipinski definition) is 2. The first-order chi connectivity index (χ1) is 7.24. The van der Waals surface area contributed by atoms with Crippen LogP contribution in [0.5, 0.6) is 0 Å². The van der Waals surface area contributed by atoms with Gasteiger partial charge in [-0.3, -0.25) is 9.69 Å². The Morgan fingerprint density at radius 2 is 2.20 bits per heavy atom. The largest absolute Gasteiger partial charge is 0.369 e. The number of rotatable bonds is 4. The number of piperidine rings is 1. The highest BCUT2D eigenvalue weighted by molar-refractivity contribution is 5.76. The van der Waals surface area contributed by atoms with E-state index in [-0.39, 0.29) is 5.91 Å². The highest BCUT2D eigenvalue weighted by atomic mass is 16.1. The minimum absolute atomic E-state index is 0.272. The highest BCUT2D eigenvalue weighted by Gasteiger charge is 2.21. The third kappa shape index (κ3) is 4.32. The lowest BCUT2D eigenvalue weighted by atomic mass is 10.0. The maximum Gasteiger partial charge on any atom is 0.231 e. The Balaban J connectivity index is 2.51.